The Hall–Kier alpha value is -8.67. The van der Waals surface area contributed by atoms with E-state index in [0.29, 0.717) is 28.2 Å². The van der Waals surface area contributed by atoms with Gasteiger partial charge in [-0.15, -0.1) is 0 Å². The van der Waals surface area contributed by atoms with Gasteiger partial charge in [0.05, 0.1) is 27.8 Å². The monoisotopic (exact) mass is 1120 g/mol. The first-order chi connectivity index (χ1) is 44.0. The number of hydrogen-bond donors (Lipinski definition) is 0. The molecule has 0 fully saturated rings. The van der Waals surface area contributed by atoms with Gasteiger partial charge in [0.15, 0.2) is 0 Å². The van der Waals surface area contributed by atoms with E-state index in [-0.39, 0.29) is 28.5 Å². The Kier molecular flexibility index (Phi) is 10.7. The third kappa shape index (κ3) is 9.89. The van der Waals surface area contributed by atoms with Crippen molar-refractivity contribution >= 4 is 76.5 Å². The van der Waals surface area contributed by atoms with Crippen molar-refractivity contribution in [2.45, 2.75) is 137 Å². The van der Waals surface area contributed by atoms with Gasteiger partial charge in [-0.2, -0.15) is 0 Å². The summed E-state index contributed by atoms with van der Waals surface area (Å²) in [7, 11) is 0. The molecule has 85 heavy (non-hydrogen) atoms. The third-order valence-electron chi connectivity index (χ3n) is 17.4. The molecule has 426 valence electrons. The maximum atomic E-state index is 8.98. The molecule has 1 aliphatic rings. The van der Waals surface area contributed by atoms with E-state index in [2.05, 4.69) is 216 Å². The zero-order chi connectivity index (χ0) is 67.2. The fourth-order valence-electron chi connectivity index (χ4n) is 12.6. The van der Waals surface area contributed by atoms with Crippen molar-refractivity contribution in [2.24, 2.45) is 0 Å². The van der Waals surface area contributed by atoms with E-state index < -0.39 is 31.4 Å². The van der Waals surface area contributed by atoms with Gasteiger partial charge in [0.1, 0.15) is 24.0 Å². The van der Waals surface area contributed by atoms with Gasteiger partial charge in [-0.25, -0.2) is 4.98 Å². The normalized spacial score (nSPS) is 15.3. The number of hydrogen-bond acceptors (Lipinski definition) is 3. The summed E-state index contributed by atoms with van der Waals surface area (Å²) in [5.74, 6) is 2.08. The summed E-state index contributed by atoms with van der Waals surface area (Å²) in [4.78, 5) is 7.32. The molecule has 0 saturated heterocycles. The van der Waals surface area contributed by atoms with Crippen LogP contribution < -0.4 is 9.64 Å². The second-order valence-corrected chi connectivity index (χ2v) is 27.5. The summed E-state index contributed by atoms with van der Waals surface area (Å²) in [5, 5.41) is 7.97. The molecule has 0 bridgehead atoms. The van der Waals surface area contributed by atoms with Crippen LogP contribution in [0.2, 0.25) is 0 Å². The van der Waals surface area contributed by atoms with Crippen molar-refractivity contribution in [3.05, 3.63) is 228 Å². The molecular weight excluding hydrogens is 1030 g/mol. The highest BCUT2D eigenvalue weighted by Gasteiger charge is 2.32. The number of nitrogens with zero attached hydrogens (tertiary/aromatic N) is 4. The van der Waals surface area contributed by atoms with Gasteiger partial charge >= 0.3 is 0 Å². The number of aromatic nitrogens is 3. The molecule has 0 atom stereocenters. The number of ether oxygens (including phenoxy) is 1. The SMILES string of the molecule is [2H]C([2H])([2H])C(c1cc(-c2cccc3c4ccccc4c4ccccc4c4ccc(-c5cc(C(C)(C)C)cc(C(C)(C)C)c5)c5c4n(c23)CN5c2cccc(Oc3ccc4c5ccccc5n(-c5cc(C(C)(C)C)ccn5)c4c3)c2)cc(C(C)(C)C)c1)(C([2H])([2H])[2H])C([2H])([2H])[2H]. The Bertz CT molecular complexity index is 5040. The van der Waals surface area contributed by atoms with Crippen LogP contribution in [0.4, 0.5) is 11.4 Å². The van der Waals surface area contributed by atoms with Crippen molar-refractivity contribution < 1.29 is 17.1 Å². The maximum Gasteiger partial charge on any atom is 0.137 e. The molecule has 5 heteroatoms. The van der Waals surface area contributed by atoms with Crippen LogP contribution in [0.5, 0.6) is 11.5 Å². The van der Waals surface area contributed by atoms with Crippen molar-refractivity contribution in [1.29, 1.82) is 0 Å². The molecule has 13 rings (SSSR count). The van der Waals surface area contributed by atoms with Gasteiger partial charge < -0.3 is 14.2 Å². The first-order valence-corrected chi connectivity index (χ1v) is 29.7. The number of anilines is 2. The highest BCUT2D eigenvalue weighted by molar-refractivity contribution is 6.23. The molecule has 0 saturated carbocycles. The maximum absolute atomic E-state index is 8.98. The zero-order valence-electron chi connectivity index (χ0n) is 60.0. The van der Waals surface area contributed by atoms with Crippen LogP contribution in [0, 0.1) is 0 Å². The van der Waals surface area contributed by atoms with Crippen molar-refractivity contribution in [3.63, 3.8) is 0 Å². The summed E-state index contributed by atoms with van der Waals surface area (Å²) >= 11 is 0. The molecule has 0 spiro atoms. The summed E-state index contributed by atoms with van der Waals surface area (Å²) in [6.07, 6.45) is 1.89. The van der Waals surface area contributed by atoms with Crippen LogP contribution in [-0.4, -0.2) is 14.1 Å². The van der Waals surface area contributed by atoms with Gasteiger partial charge in [-0.1, -0.05) is 243 Å². The van der Waals surface area contributed by atoms with Crippen LogP contribution in [0.25, 0.3) is 93.2 Å². The van der Waals surface area contributed by atoms with Crippen molar-refractivity contribution in [1.82, 2.24) is 14.1 Å². The largest absolute Gasteiger partial charge is 0.457 e. The molecule has 4 heterocycles. The van der Waals surface area contributed by atoms with Gasteiger partial charge in [-0.3, -0.25) is 4.57 Å². The Balaban J connectivity index is 1.13. The highest BCUT2D eigenvalue weighted by atomic mass is 16.5. The van der Waals surface area contributed by atoms with E-state index in [9.17, 15) is 0 Å². The Labute approximate surface area is 515 Å². The van der Waals surface area contributed by atoms with E-state index in [1.54, 1.807) is 0 Å². The lowest BCUT2D eigenvalue weighted by Gasteiger charge is -2.28. The van der Waals surface area contributed by atoms with E-state index in [4.69, 9.17) is 22.1 Å². The molecule has 9 aromatic carbocycles. The Morgan fingerprint density at radius 1 is 0.388 bits per heavy atom. The van der Waals surface area contributed by atoms with Crippen LogP contribution in [0.3, 0.4) is 0 Å². The average Bonchev–Trinajstić information content (AvgIpc) is 1.15. The lowest BCUT2D eigenvalue weighted by molar-refractivity contribution is 0.483. The molecule has 0 amide bonds. The van der Waals surface area contributed by atoms with E-state index >= 15 is 0 Å². The van der Waals surface area contributed by atoms with Crippen LogP contribution in [0.15, 0.2) is 200 Å². The number of pyridine rings is 1. The van der Waals surface area contributed by atoms with E-state index in [1.165, 1.54) is 28.8 Å². The van der Waals surface area contributed by atoms with Crippen LogP contribution in [0.1, 0.15) is 144 Å². The minimum absolute atomic E-state index is 0.0988. The standard InChI is InChI=1S/C80H80N4O/c1-76(2,3)52-38-39-81-72(46-52)84-70-33-21-20-30-66(70)67-35-34-59(48-71(67)84)85-58-25-22-24-57(47-58)82-49-83-73-60(50-40-53(77(4,5)6)44-54(41-50)78(7,8)9)31-23-32-68(73)64-28-18-16-26-62(64)63-27-17-19-29-65(63)69-37-36-61(74(82)75(69)83)51-42-55(79(10,11)12)45-56(43-51)80(13,14)15/h16-48H,49H2,1-15H3/i4D3,5D3,6D3. The second kappa shape index (κ2) is 20.0. The smallest absolute Gasteiger partial charge is 0.137 e. The average molecular weight is 1120 g/mol. The molecule has 0 unspecified atom stereocenters. The molecule has 12 aromatic rings. The number of para-hydroxylation sites is 2. The van der Waals surface area contributed by atoms with E-state index in [1.807, 2.05) is 69.4 Å². The fraction of sp³-hybridized carbons (Fsp3) is 0.263. The molecular formula is C80H80N4O. The quantitative estimate of drug-likeness (QED) is 0.166. The molecule has 0 radical (unpaired) electrons. The highest BCUT2D eigenvalue weighted by Crippen LogP contribution is 2.51. The molecule has 1 aliphatic heterocycles. The van der Waals surface area contributed by atoms with Gasteiger partial charge in [-0.05, 0) is 130 Å². The van der Waals surface area contributed by atoms with Crippen LogP contribution in [-0.2, 0) is 33.7 Å². The number of fused-ring (bicyclic) bond motifs is 10. The minimum atomic E-state index is -3.50. The number of rotatable bonds is 6. The predicted octanol–water partition coefficient (Wildman–Crippen LogP) is 22.4. The van der Waals surface area contributed by atoms with Gasteiger partial charge in [0.25, 0.3) is 0 Å². The van der Waals surface area contributed by atoms with E-state index in [0.717, 1.165) is 93.5 Å². The minimum Gasteiger partial charge on any atom is -0.457 e. The molecule has 3 aromatic heterocycles. The summed E-state index contributed by atoms with van der Waals surface area (Å²) < 4.78 is 92.5. The second-order valence-electron chi connectivity index (χ2n) is 27.5. The first-order valence-electron chi connectivity index (χ1n) is 34.2. The first kappa shape index (κ1) is 45.7. The lowest BCUT2D eigenvalue weighted by Crippen LogP contribution is -2.17. The topological polar surface area (TPSA) is 35.2 Å². The zero-order valence-corrected chi connectivity index (χ0v) is 51.0. The predicted molar refractivity (Wildman–Crippen MR) is 364 cm³/mol. The van der Waals surface area contributed by atoms with Crippen LogP contribution >= 0.6 is 0 Å². The summed E-state index contributed by atoms with van der Waals surface area (Å²) in [5.41, 5.74) is 7.98. The number of benzene rings is 9. The lowest BCUT2D eigenvalue weighted by atomic mass is 9.78. The summed E-state index contributed by atoms with van der Waals surface area (Å²) in [6.45, 7) is 15.8. The van der Waals surface area contributed by atoms with Crippen molar-refractivity contribution in [3.8, 4) is 39.6 Å². The van der Waals surface area contributed by atoms with Gasteiger partial charge in [0.2, 0.25) is 0 Å². The van der Waals surface area contributed by atoms with Gasteiger partial charge in [0, 0.05) is 69.0 Å². The Morgan fingerprint density at radius 3 is 1.48 bits per heavy atom. The van der Waals surface area contributed by atoms with Crippen molar-refractivity contribution in [2.75, 3.05) is 4.90 Å². The molecule has 0 aliphatic carbocycles. The third-order valence-corrected chi connectivity index (χ3v) is 17.4. The molecule has 0 N–H and O–H groups in total. The Morgan fingerprint density at radius 2 is 0.882 bits per heavy atom. The fourth-order valence-corrected chi connectivity index (χ4v) is 12.6. The molecule has 5 nitrogen and oxygen atoms in total. The summed E-state index contributed by atoms with van der Waals surface area (Å²) in [6, 6.07) is 66.7.